The fraction of sp³-hybridized carbons (Fsp3) is 0.321. The molecule has 3 aromatic rings. The zero-order valence-electron chi connectivity index (χ0n) is 18.4. The number of rotatable bonds is 6. The molecule has 0 N–H and O–H groups in total. The highest BCUT2D eigenvalue weighted by atomic mass is 16.5. The Labute approximate surface area is 189 Å². The maximum atomic E-state index is 13.1. The summed E-state index contributed by atoms with van der Waals surface area (Å²) in [5.41, 5.74) is 3.03. The fourth-order valence-corrected chi connectivity index (χ4v) is 5.51. The first-order valence-electron chi connectivity index (χ1n) is 11.4. The Morgan fingerprint density at radius 3 is 2.34 bits per heavy atom. The lowest BCUT2D eigenvalue weighted by Gasteiger charge is -2.44. The van der Waals surface area contributed by atoms with Crippen LogP contribution < -0.4 is 4.74 Å². The van der Waals surface area contributed by atoms with Crippen LogP contribution in [-0.2, 0) is 11.3 Å². The van der Waals surface area contributed by atoms with Crippen molar-refractivity contribution in [3.8, 4) is 5.75 Å². The number of methoxy groups -OCH3 is 1. The molecule has 164 valence electrons. The minimum Gasteiger partial charge on any atom is -0.496 e. The molecule has 2 aliphatic heterocycles. The second-order valence-electron chi connectivity index (χ2n) is 8.78. The van der Waals surface area contributed by atoms with Crippen molar-refractivity contribution in [2.45, 2.75) is 49.9 Å². The molecule has 0 aliphatic carbocycles. The van der Waals surface area contributed by atoms with Gasteiger partial charge in [-0.25, -0.2) is 4.79 Å². The number of ether oxygens (including phenoxy) is 2. The van der Waals surface area contributed by atoms with Crippen LogP contribution in [0.3, 0.4) is 0 Å². The van der Waals surface area contributed by atoms with E-state index >= 15 is 0 Å². The first-order chi connectivity index (χ1) is 15.7. The molecule has 4 atom stereocenters. The van der Waals surface area contributed by atoms with Gasteiger partial charge in [-0.05, 0) is 43.0 Å². The topological polar surface area (TPSA) is 38.8 Å². The summed E-state index contributed by atoms with van der Waals surface area (Å²) in [6.45, 7) is 0.883. The van der Waals surface area contributed by atoms with Crippen molar-refractivity contribution >= 4 is 5.97 Å². The van der Waals surface area contributed by atoms with E-state index in [0.29, 0.717) is 11.6 Å². The van der Waals surface area contributed by atoms with Gasteiger partial charge in [0.25, 0.3) is 0 Å². The molecular formula is C28H29NO3. The predicted octanol–water partition coefficient (Wildman–Crippen LogP) is 5.44. The van der Waals surface area contributed by atoms with E-state index < -0.39 is 0 Å². The molecule has 4 heteroatoms. The highest BCUT2D eigenvalue weighted by Crippen LogP contribution is 2.47. The maximum Gasteiger partial charge on any atom is 0.338 e. The number of para-hydroxylation sites is 1. The molecule has 0 spiro atoms. The van der Waals surface area contributed by atoms with Crippen LogP contribution in [0.5, 0.6) is 5.75 Å². The lowest BCUT2D eigenvalue weighted by Crippen LogP contribution is -2.52. The second kappa shape index (κ2) is 9.17. The van der Waals surface area contributed by atoms with Crippen LogP contribution in [0.25, 0.3) is 0 Å². The zero-order chi connectivity index (χ0) is 21.9. The van der Waals surface area contributed by atoms with Crippen molar-refractivity contribution in [2.24, 2.45) is 0 Å². The number of nitrogens with zero attached hydrogens (tertiary/aromatic N) is 1. The Kier molecular flexibility index (Phi) is 5.95. The maximum absolute atomic E-state index is 13.1. The molecule has 2 fully saturated rings. The van der Waals surface area contributed by atoms with Crippen molar-refractivity contribution in [3.05, 3.63) is 102 Å². The number of carbonyl (C=O) groups excluding carboxylic acids is 1. The van der Waals surface area contributed by atoms with Gasteiger partial charge in [-0.2, -0.15) is 0 Å². The van der Waals surface area contributed by atoms with Crippen LogP contribution >= 0.6 is 0 Å². The van der Waals surface area contributed by atoms with Gasteiger partial charge in [-0.3, -0.25) is 4.90 Å². The summed E-state index contributed by atoms with van der Waals surface area (Å²) >= 11 is 0. The Hall–Kier alpha value is -3.11. The molecule has 5 rings (SSSR count). The lowest BCUT2D eigenvalue weighted by atomic mass is 9.81. The summed E-state index contributed by atoms with van der Waals surface area (Å²) in [6.07, 6.45) is 2.90. The molecule has 0 unspecified atom stereocenters. The van der Waals surface area contributed by atoms with Gasteiger partial charge in [0, 0.05) is 30.1 Å². The van der Waals surface area contributed by atoms with E-state index in [4.69, 9.17) is 9.47 Å². The largest absolute Gasteiger partial charge is 0.496 e. The van der Waals surface area contributed by atoms with Crippen LogP contribution in [0.2, 0.25) is 0 Å². The normalized spacial score (nSPS) is 24.8. The second-order valence-corrected chi connectivity index (χ2v) is 8.78. The van der Waals surface area contributed by atoms with E-state index in [0.717, 1.165) is 37.1 Å². The third-order valence-corrected chi connectivity index (χ3v) is 6.99. The summed E-state index contributed by atoms with van der Waals surface area (Å²) in [4.78, 5) is 15.7. The SMILES string of the molecule is COc1ccccc1[C@H]1C[C@H]2CC[C@@H]([C@H]1OC(=O)c1ccccc1)N2Cc1ccccc1. The summed E-state index contributed by atoms with van der Waals surface area (Å²) in [5.74, 6) is 0.734. The Bertz CT molecular complexity index is 1050. The molecule has 2 saturated heterocycles. The third-order valence-electron chi connectivity index (χ3n) is 6.99. The Morgan fingerprint density at radius 1 is 0.906 bits per heavy atom. The Balaban J connectivity index is 1.48. The lowest BCUT2D eigenvalue weighted by molar-refractivity contribution is -0.0345. The molecule has 32 heavy (non-hydrogen) atoms. The van der Waals surface area contributed by atoms with E-state index in [1.807, 2.05) is 48.5 Å². The standard InChI is InChI=1S/C28H29NO3/c1-31-26-15-9-8-14-23(26)24-18-22-16-17-25(29(22)19-20-10-4-2-5-11-20)27(24)32-28(30)21-12-6-3-7-13-21/h2-15,22,24-25,27H,16-19H2,1H3/t22-,24-,25+,27+/m1/s1. The average Bonchev–Trinajstić information content (AvgIpc) is 3.13. The molecule has 0 radical (unpaired) electrons. The van der Waals surface area contributed by atoms with Gasteiger partial charge < -0.3 is 9.47 Å². The third kappa shape index (κ3) is 4.03. The Morgan fingerprint density at radius 2 is 1.59 bits per heavy atom. The summed E-state index contributed by atoms with van der Waals surface area (Å²) in [6, 6.07) is 28.7. The number of fused-ring (bicyclic) bond motifs is 2. The van der Waals surface area contributed by atoms with Crippen molar-refractivity contribution in [2.75, 3.05) is 7.11 Å². The van der Waals surface area contributed by atoms with E-state index in [1.165, 1.54) is 5.56 Å². The monoisotopic (exact) mass is 427 g/mol. The molecule has 4 nitrogen and oxygen atoms in total. The van der Waals surface area contributed by atoms with Crippen molar-refractivity contribution in [3.63, 3.8) is 0 Å². The number of carbonyl (C=O) groups is 1. The van der Waals surface area contributed by atoms with Crippen molar-refractivity contribution in [1.29, 1.82) is 0 Å². The van der Waals surface area contributed by atoms with Gasteiger partial charge in [-0.1, -0.05) is 66.7 Å². The van der Waals surface area contributed by atoms with E-state index in [2.05, 4.69) is 41.3 Å². The predicted molar refractivity (Wildman–Crippen MR) is 125 cm³/mol. The van der Waals surface area contributed by atoms with E-state index in [-0.39, 0.29) is 24.0 Å². The highest BCUT2D eigenvalue weighted by molar-refractivity contribution is 5.89. The zero-order valence-corrected chi connectivity index (χ0v) is 18.4. The van der Waals surface area contributed by atoms with Crippen molar-refractivity contribution < 1.29 is 14.3 Å². The van der Waals surface area contributed by atoms with Gasteiger partial charge in [-0.15, -0.1) is 0 Å². The van der Waals surface area contributed by atoms with Gasteiger partial charge in [0.1, 0.15) is 11.9 Å². The van der Waals surface area contributed by atoms with E-state index in [1.54, 1.807) is 7.11 Å². The molecule has 3 aromatic carbocycles. The van der Waals surface area contributed by atoms with Crippen LogP contribution in [0, 0.1) is 0 Å². The molecule has 0 amide bonds. The van der Waals surface area contributed by atoms with Gasteiger partial charge in [0.2, 0.25) is 0 Å². The molecule has 2 bridgehead atoms. The smallest absolute Gasteiger partial charge is 0.338 e. The van der Waals surface area contributed by atoms with Crippen LogP contribution in [0.4, 0.5) is 0 Å². The number of hydrogen-bond donors (Lipinski definition) is 0. The van der Waals surface area contributed by atoms with Crippen LogP contribution in [0.1, 0.15) is 46.7 Å². The fourth-order valence-electron chi connectivity index (χ4n) is 5.51. The van der Waals surface area contributed by atoms with Gasteiger partial charge >= 0.3 is 5.97 Å². The molecule has 2 aliphatic rings. The van der Waals surface area contributed by atoms with Crippen LogP contribution in [0.15, 0.2) is 84.9 Å². The van der Waals surface area contributed by atoms with Gasteiger partial charge in [0.15, 0.2) is 0 Å². The summed E-state index contributed by atoms with van der Waals surface area (Å²) < 4.78 is 12.0. The molecule has 0 saturated carbocycles. The molecule has 0 aromatic heterocycles. The number of benzene rings is 3. The minimum atomic E-state index is -0.250. The molecule has 2 heterocycles. The number of esters is 1. The van der Waals surface area contributed by atoms with Gasteiger partial charge in [0.05, 0.1) is 12.7 Å². The first-order valence-corrected chi connectivity index (χ1v) is 11.4. The highest BCUT2D eigenvalue weighted by Gasteiger charge is 2.50. The summed E-state index contributed by atoms with van der Waals surface area (Å²) in [7, 11) is 1.71. The van der Waals surface area contributed by atoms with E-state index in [9.17, 15) is 4.79 Å². The molecular weight excluding hydrogens is 398 g/mol. The van der Waals surface area contributed by atoms with Crippen LogP contribution in [-0.4, -0.2) is 36.2 Å². The number of hydrogen-bond acceptors (Lipinski definition) is 4. The summed E-state index contributed by atoms with van der Waals surface area (Å²) in [5, 5.41) is 0. The first kappa shape index (κ1) is 20.8. The minimum absolute atomic E-state index is 0.114. The average molecular weight is 428 g/mol. The van der Waals surface area contributed by atoms with Crippen molar-refractivity contribution in [1.82, 2.24) is 4.90 Å². The number of piperidine rings is 1. The quantitative estimate of drug-likeness (QED) is 0.491.